The summed E-state index contributed by atoms with van der Waals surface area (Å²) in [7, 11) is 0.902. The Morgan fingerprint density at radius 2 is 1.91 bits per heavy atom. The first kappa shape index (κ1) is 23.1. The van der Waals surface area contributed by atoms with Gasteiger partial charge in [-0.1, -0.05) is 0 Å². The number of hydrogen-bond acceptors (Lipinski definition) is 6. The zero-order valence-electron chi connectivity index (χ0n) is 16.1. The first-order valence-electron chi connectivity index (χ1n) is 8.66. The number of hydrogen-bond donors (Lipinski definition) is 1. The number of nitrogens with zero attached hydrogens (tertiary/aromatic N) is 3. The molecule has 9 nitrogen and oxygen atoms in total. The third-order valence-corrected chi connectivity index (χ3v) is 4.73. The number of alkyl halides is 3. The molecule has 13 heteroatoms. The van der Waals surface area contributed by atoms with Crippen LogP contribution in [0.4, 0.5) is 13.2 Å². The molecule has 32 heavy (non-hydrogen) atoms. The van der Waals surface area contributed by atoms with E-state index < -0.39 is 35.7 Å². The maximum absolute atomic E-state index is 13.1. The zero-order chi connectivity index (χ0) is 23.6. The Balaban J connectivity index is 2.05. The topological polar surface area (TPSA) is 113 Å². The fourth-order valence-electron chi connectivity index (χ4n) is 2.66. The number of pyridine rings is 1. The Bertz CT molecular complexity index is 1300. The van der Waals surface area contributed by atoms with Crippen molar-refractivity contribution in [3.63, 3.8) is 0 Å². The maximum atomic E-state index is 13.1. The number of carboxylic acid groups (broad SMARTS) is 1. The molecule has 0 aliphatic heterocycles. The number of aliphatic carboxylic acids is 1. The Morgan fingerprint density at radius 1 is 1.19 bits per heavy atom. The second-order valence-electron chi connectivity index (χ2n) is 6.25. The van der Waals surface area contributed by atoms with E-state index in [0.717, 1.165) is 7.05 Å². The van der Waals surface area contributed by atoms with Crippen molar-refractivity contribution in [2.75, 3.05) is 6.61 Å². The molecule has 0 spiro atoms. The van der Waals surface area contributed by atoms with Gasteiger partial charge in [-0.15, -0.1) is 0 Å². The number of carbonyl (C=O) groups is 1. The van der Waals surface area contributed by atoms with Crippen LogP contribution < -0.4 is 20.7 Å². The van der Waals surface area contributed by atoms with Crippen LogP contribution in [0.5, 0.6) is 17.4 Å². The fraction of sp³-hybridized carbons (Fsp3) is 0.158. The predicted octanol–water partition coefficient (Wildman–Crippen LogP) is 2.97. The van der Waals surface area contributed by atoms with Gasteiger partial charge in [0.25, 0.3) is 11.4 Å². The molecular weight excluding hydrogens is 503 g/mol. The molecule has 2 heterocycles. The number of halogens is 4. The molecule has 0 saturated carbocycles. The lowest BCUT2D eigenvalue weighted by molar-refractivity contribution is -0.144. The van der Waals surface area contributed by atoms with Crippen LogP contribution in [0.1, 0.15) is 5.69 Å². The predicted molar refractivity (Wildman–Crippen MR) is 107 cm³/mol. The molecule has 0 bridgehead atoms. The number of benzene rings is 1. The van der Waals surface area contributed by atoms with Crippen molar-refractivity contribution in [2.45, 2.75) is 6.18 Å². The standard InChI is InChI=1S/C19H13BrF3N3O6/c1-25-14(19(21,22)23)8-15(27)26(18(25)30)10-4-5-11(20)13(7-10)32-12-3-2-6-24-17(12)31-9-16(28)29/h2-8H,9H2,1H3,(H,28,29). The molecule has 0 unspecified atom stereocenters. The van der Waals surface area contributed by atoms with Crippen molar-refractivity contribution in [1.82, 2.24) is 14.1 Å². The first-order valence-corrected chi connectivity index (χ1v) is 9.46. The highest BCUT2D eigenvalue weighted by molar-refractivity contribution is 9.10. The molecule has 0 radical (unpaired) electrons. The summed E-state index contributed by atoms with van der Waals surface area (Å²) in [6, 6.07) is 7.25. The lowest BCUT2D eigenvalue weighted by atomic mass is 10.3. The summed E-state index contributed by atoms with van der Waals surface area (Å²) in [5, 5.41) is 8.77. The summed E-state index contributed by atoms with van der Waals surface area (Å²) in [6.45, 7) is -0.675. The highest BCUT2D eigenvalue weighted by atomic mass is 79.9. The van der Waals surface area contributed by atoms with E-state index in [1.54, 1.807) is 0 Å². The molecule has 1 aromatic carbocycles. The van der Waals surface area contributed by atoms with E-state index >= 15 is 0 Å². The van der Waals surface area contributed by atoms with Crippen molar-refractivity contribution in [1.29, 1.82) is 0 Å². The van der Waals surface area contributed by atoms with Crippen molar-refractivity contribution in [3.8, 4) is 23.1 Å². The molecule has 0 atom stereocenters. The molecule has 168 valence electrons. The Labute approximate surface area is 185 Å². The SMILES string of the molecule is Cn1c(C(F)(F)F)cc(=O)n(-c2ccc(Br)c(Oc3cccnc3OCC(=O)O)c2)c1=O. The Kier molecular flexibility index (Phi) is 6.39. The molecule has 0 saturated heterocycles. The third-order valence-electron chi connectivity index (χ3n) is 4.07. The van der Waals surface area contributed by atoms with E-state index in [9.17, 15) is 27.6 Å². The summed E-state index contributed by atoms with van der Waals surface area (Å²) >= 11 is 3.24. The summed E-state index contributed by atoms with van der Waals surface area (Å²) in [5.74, 6) is -1.28. The number of carboxylic acids is 1. The van der Waals surface area contributed by atoms with E-state index in [-0.39, 0.29) is 23.1 Å². The molecule has 1 N–H and O–H groups in total. The fourth-order valence-corrected chi connectivity index (χ4v) is 2.98. The van der Waals surface area contributed by atoms with Gasteiger partial charge < -0.3 is 14.6 Å². The maximum Gasteiger partial charge on any atom is 0.431 e. The van der Waals surface area contributed by atoms with Crippen LogP contribution in [0, 0.1) is 0 Å². The number of ether oxygens (including phenoxy) is 2. The minimum Gasteiger partial charge on any atom is -0.479 e. The van der Waals surface area contributed by atoms with Crippen LogP contribution in [0.15, 0.2) is 56.7 Å². The number of rotatable bonds is 6. The third kappa shape index (κ3) is 4.82. The summed E-state index contributed by atoms with van der Waals surface area (Å²) in [6.07, 6.45) is -3.53. The lowest BCUT2D eigenvalue weighted by Gasteiger charge is -2.15. The largest absolute Gasteiger partial charge is 0.479 e. The van der Waals surface area contributed by atoms with Crippen LogP contribution in [0.25, 0.3) is 5.69 Å². The zero-order valence-corrected chi connectivity index (χ0v) is 17.7. The van der Waals surface area contributed by atoms with Gasteiger partial charge in [0.2, 0.25) is 0 Å². The Morgan fingerprint density at radius 3 is 2.56 bits per heavy atom. The van der Waals surface area contributed by atoms with Crippen molar-refractivity contribution < 1.29 is 32.5 Å². The lowest BCUT2D eigenvalue weighted by Crippen LogP contribution is -2.40. The van der Waals surface area contributed by atoms with Gasteiger partial charge in [-0.2, -0.15) is 13.2 Å². The molecule has 0 aliphatic carbocycles. The van der Waals surface area contributed by atoms with Crippen LogP contribution >= 0.6 is 15.9 Å². The van der Waals surface area contributed by atoms with Gasteiger partial charge >= 0.3 is 17.8 Å². The van der Waals surface area contributed by atoms with Crippen molar-refractivity contribution >= 4 is 21.9 Å². The van der Waals surface area contributed by atoms with Gasteiger partial charge in [0.15, 0.2) is 12.4 Å². The minimum absolute atomic E-state index is 0.0271. The first-order chi connectivity index (χ1) is 15.0. The number of aromatic nitrogens is 3. The average molecular weight is 516 g/mol. The van der Waals surface area contributed by atoms with Crippen LogP contribution in [-0.2, 0) is 18.0 Å². The van der Waals surface area contributed by atoms with Gasteiger partial charge in [0.1, 0.15) is 11.4 Å². The minimum atomic E-state index is -4.88. The molecule has 0 aliphatic rings. The van der Waals surface area contributed by atoms with Gasteiger partial charge in [-0.3, -0.25) is 9.36 Å². The van der Waals surface area contributed by atoms with Gasteiger partial charge in [-0.25, -0.2) is 19.1 Å². The van der Waals surface area contributed by atoms with E-state index in [0.29, 0.717) is 19.7 Å². The molecule has 3 rings (SSSR count). The van der Waals surface area contributed by atoms with Crippen LogP contribution in [0.3, 0.4) is 0 Å². The van der Waals surface area contributed by atoms with E-state index in [1.165, 1.54) is 36.5 Å². The second-order valence-corrected chi connectivity index (χ2v) is 7.10. The smallest absolute Gasteiger partial charge is 0.431 e. The Hall–Kier alpha value is -3.61. The van der Waals surface area contributed by atoms with Crippen molar-refractivity contribution in [3.05, 3.63) is 73.6 Å². The van der Waals surface area contributed by atoms with Crippen molar-refractivity contribution in [2.24, 2.45) is 7.05 Å². The molecule has 3 aromatic rings. The average Bonchev–Trinajstić information content (AvgIpc) is 2.71. The van der Waals surface area contributed by atoms with E-state index in [4.69, 9.17) is 14.6 Å². The highest BCUT2D eigenvalue weighted by Gasteiger charge is 2.35. The molecule has 2 aromatic heterocycles. The highest BCUT2D eigenvalue weighted by Crippen LogP contribution is 2.35. The van der Waals surface area contributed by atoms with E-state index in [2.05, 4.69) is 20.9 Å². The molecule has 0 fully saturated rings. The quantitative estimate of drug-likeness (QED) is 0.536. The van der Waals surface area contributed by atoms with Crippen LogP contribution in [0.2, 0.25) is 0 Å². The molecular formula is C19H13BrF3N3O6. The summed E-state index contributed by atoms with van der Waals surface area (Å²) in [4.78, 5) is 39.5. The van der Waals surface area contributed by atoms with Gasteiger partial charge in [0, 0.05) is 25.4 Å². The normalized spacial score (nSPS) is 11.3. The van der Waals surface area contributed by atoms with E-state index in [1.807, 2.05) is 0 Å². The second kappa shape index (κ2) is 8.86. The monoisotopic (exact) mass is 515 g/mol. The summed E-state index contributed by atoms with van der Waals surface area (Å²) in [5.41, 5.74) is -3.82. The van der Waals surface area contributed by atoms with Crippen LogP contribution in [-0.4, -0.2) is 31.8 Å². The summed E-state index contributed by atoms with van der Waals surface area (Å²) < 4.78 is 51.2. The molecule has 0 amide bonds. The van der Waals surface area contributed by atoms with Gasteiger partial charge in [0.05, 0.1) is 10.2 Å². The van der Waals surface area contributed by atoms with Gasteiger partial charge in [-0.05, 0) is 40.2 Å².